The van der Waals surface area contributed by atoms with Gasteiger partial charge in [-0.15, -0.1) is 0 Å². The third-order valence-electron chi connectivity index (χ3n) is 7.89. The maximum atomic E-state index is 13.5. The van der Waals surface area contributed by atoms with Crippen molar-refractivity contribution in [3.63, 3.8) is 0 Å². The lowest BCUT2D eigenvalue weighted by atomic mass is 9.86. The van der Waals surface area contributed by atoms with E-state index in [-0.39, 0.29) is 39.5 Å². The summed E-state index contributed by atoms with van der Waals surface area (Å²) in [5, 5.41) is 104. The highest BCUT2D eigenvalue weighted by Gasteiger charge is 2.48. The Bertz CT molecular complexity index is 1530. The smallest absolute Gasteiger partial charge is 0.197 e. The lowest BCUT2D eigenvalue weighted by molar-refractivity contribution is -0.233. The summed E-state index contributed by atoms with van der Waals surface area (Å²) in [6, 6.07) is 6.23. The van der Waals surface area contributed by atoms with Gasteiger partial charge in [0.25, 0.3) is 0 Å². The van der Waals surface area contributed by atoms with Gasteiger partial charge in [-0.2, -0.15) is 0 Å². The summed E-state index contributed by atoms with van der Waals surface area (Å²) in [6.45, 7) is -1.56. The minimum absolute atomic E-state index is 0.110. The highest BCUT2D eigenvalue weighted by Crippen LogP contribution is 2.45. The van der Waals surface area contributed by atoms with Gasteiger partial charge in [0.15, 0.2) is 16.9 Å². The number of hydrogen-bond donors (Lipinski definition) is 10. The predicted octanol–water partition coefficient (Wildman–Crippen LogP) is -2.09. The second-order valence-electron chi connectivity index (χ2n) is 10.5. The van der Waals surface area contributed by atoms with Crippen molar-refractivity contribution in [2.24, 2.45) is 0 Å². The monoisotopic (exact) mass is 608 g/mol. The number of hydrogen-bond acceptors (Lipinski definition) is 15. The quantitative estimate of drug-likeness (QED) is 0.144. The van der Waals surface area contributed by atoms with Gasteiger partial charge in [0.1, 0.15) is 83.5 Å². The van der Waals surface area contributed by atoms with Gasteiger partial charge >= 0.3 is 0 Å². The molecule has 0 bridgehead atoms. The number of aromatic hydroxyl groups is 2. The number of aliphatic hydroxyl groups is 8. The molecule has 3 heterocycles. The number of ether oxygens (including phenoxy) is 3. The zero-order valence-electron chi connectivity index (χ0n) is 22.6. The van der Waals surface area contributed by atoms with Crippen LogP contribution >= 0.6 is 0 Å². The molecule has 2 aliphatic rings. The zero-order valence-corrected chi connectivity index (χ0v) is 22.6. The van der Waals surface area contributed by atoms with E-state index in [1.165, 1.54) is 25.3 Å². The first kappa shape index (κ1) is 31.1. The molecule has 1 aromatic heterocycles. The molecule has 0 saturated carbocycles. The van der Waals surface area contributed by atoms with Crippen molar-refractivity contribution in [3.8, 4) is 28.6 Å². The molecule has 5 rings (SSSR count). The highest BCUT2D eigenvalue weighted by atomic mass is 16.6. The Balaban J connectivity index is 1.77. The molecule has 2 aliphatic heterocycles. The average Bonchev–Trinajstić information content (AvgIpc) is 2.99. The van der Waals surface area contributed by atoms with Crippen LogP contribution in [0.5, 0.6) is 17.2 Å². The molecule has 234 valence electrons. The van der Waals surface area contributed by atoms with E-state index < -0.39 is 90.8 Å². The summed E-state index contributed by atoms with van der Waals surface area (Å²) in [5.41, 5.74) is -1.55. The minimum atomic E-state index is -1.88. The van der Waals surface area contributed by atoms with E-state index in [1.54, 1.807) is 0 Å². The zero-order chi connectivity index (χ0) is 31.3. The molecular weight excluding hydrogens is 576 g/mol. The number of fused-ring (bicyclic) bond motifs is 1. The highest BCUT2D eigenvalue weighted by molar-refractivity contribution is 5.89. The standard InChI is InChI=1S/C28H32O15/c1-40-14-3-2-9(4-12(14)31)15-6-13(32)18-19(33)10(27-24(38)22(36)20(34)16(7-29)42-27)5-11(26(18)41-15)28-25(39)23(37)21(35)17(8-30)43-28/h2-6,16-17,20-25,27-31,33-39H,7-8H2,1H3. The van der Waals surface area contributed by atoms with Crippen molar-refractivity contribution < 1.29 is 69.7 Å². The molecule has 15 heteroatoms. The molecular formula is C28H32O15. The van der Waals surface area contributed by atoms with Crippen LogP contribution in [-0.2, 0) is 9.47 Å². The summed E-state index contributed by atoms with van der Waals surface area (Å²) >= 11 is 0. The van der Waals surface area contributed by atoms with E-state index in [0.717, 1.165) is 12.1 Å². The van der Waals surface area contributed by atoms with Crippen LogP contribution in [-0.4, -0.2) is 120 Å². The molecule has 0 spiro atoms. The fraction of sp³-hybridized carbons (Fsp3) is 0.464. The molecule has 2 aromatic carbocycles. The largest absolute Gasteiger partial charge is 0.507 e. The van der Waals surface area contributed by atoms with Gasteiger partial charge < -0.3 is 69.7 Å². The van der Waals surface area contributed by atoms with Crippen LogP contribution in [0.4, 0.5) is 0 Å². The Hall–Kier alpha value is -3.35. The number of rotatable bonds is 6. The van der Waals surface area contributed by atoms with Gasteiger partial charge in [-0.05, 0) is 24.3 Å². The maximum Gasteiger partial charge on any atom is 0.197 e. The lowest BCUT2D eigenvalue weighted by Gasteiger charge is -2.42. The van der Waals surface area contributed by atoms with Crippen molar-refractivity contribution in [2.45, 2.75) is 61.0 Å². The Kier molecular flexibility index (Phi) is 8.65. The lowest BCUT2D eigenvalue weighted by Crippen LogP contribution is -2.55. The van der Waals surface area contributed by atoms with Gasteiger partial charge in [0, 0.05) is 22.8 Å². The number of methoxy groups -OCH3 is 1. The third-order valence-corrected chi connectivity index (χ3v) is 7.89. The summed E-state index contributed by atoms with van der Waals surface area (Å²) < 4.78 is 22.3. The van der Waals surface area contributed by atoms with Crippen molar-refractivity contribution in [1.29, 1.82) is 0 Å². The number of phenols is 2. The molecule has 15 nitrogen and oxygen atoms in total. The van der Waals surface area contributed by atoms with Crippen LogP contribution < -0.4 is 10.2 Å². The van der Waals surface area contributed by atoms with Gasteiger partial charge in [-0.1, -0.05) is 0 Å². The molecule has 3 aromatic rings. The number of aliphatic hydroxyl groups excluding tert-OH is 8. The maximum absolute atomic E-state index is 13.5. The van der Waals surface area contributed by atoms with E-state index in [1.807, 2.05) is 0 Å². The van der Waals surface area contributed by atoms with E-state index in [2.05, 4.69) is 0 Å². The molecule has 10 N–H and O–H groups in total. The first-order valence-corrected chi connectivity index (χ1v) is 13.2. The molecule has 2 fully saturated rings. The molecule has 0 radical (unpaired) electrons. The molecule has 10 unspecified atom stereocenters. The number of benzene rings is 2. The number of phenolic OH excluding ortho intramolecular Hbond substituents is 2. The fourth-order valence-electron chi connectivity index (χ4n) is 5.50. The summed E-state index contributed by atoms with van der Waals surface area (Å²) in [4.78, 5) is 13.5. The SMILES string of the molecule is COc1ccc(-c2cc(=O)c3c(O)c(C4OC(CO)C(O)C(O)C4O)cc(C4OC(CO)C(O)C(O)C4O)c3o2)cc1O. The van der Waals surface area contributed by atoms with Gasteiger partial charge in [0.05, 0.1) is 20.3 Å². The Morgan fingerprint density at radius 3 is 1.81 bits per heavy atom. The molecule has 10 atom stereocenters. The van der Waals surface area contributed by atoms with Crippen LogP contribution in [0.1, 0.15) is 23.3 Å². The van der Waals surface area contributed by atoms with Crippen LogP contribution in [0.25, 0.3) is 22.3 Å². The van der Waals surface area contributed by atoms with Crippen molar-refractivity contribution in [2.75, 3.05) is 20.3 Å². The van der Waals surface area contributed by atoms with E-state index >= 15 is 0 Å². The minimum Gasteiger partial charge on any atom is -0.507 e. The topological polar surface area (TPSA) is 260 Å². The first-order valence-electron chi connectivity index (χ1n) is 13.2. The first-order chi connectivity index (χ1) is 20.4. The van der Waals surface area contributed by atoms with Crippen molar-refractivity contribution in [3.05, 3.63) is 51.7 Å². The average molecular weight is 609 g/mol. The normalized spacial score (nSPS) is 33.0. The second-order valence-corrected chi connectivity index (χ2v) is 10.5. The fourth-order valence-corrected chi connectivity index (χ4v) is 5.50. The molecule has 43 heavy (non-hydrogen) atoms. The van der Waals surface area contributed by atoms with E-state index in [4.69, 9.17) is 18.6 Å². The molecule has 2 saturated heterocycles. The van der Waals surface area contributed by atoms with Crippen molar-refractivity contribution >= 4 is 11.0 Å². The third kappa shape index (κ3) is 5.23. The van der Waals surface area contributed by atoms with Crippen LogP contribution in [0, 0.1) is 0 Å². The van der Waals surface area contributed by atoms with Crippen molar-refractivity contribution in [1.82, 2.24) is 0 Å². The van der Waals surface area contributed by atoms with Crippen LogP contribution in [0.2, 0.25) is 0 Å². The van der Waals surface area contributed by atoms with Gasteiger partial charge in [-0.25, -0.2) is 0 Å². The molecule has 0 amide bonds. The summed E-state index contributed by atoms with van der Waals surface area (Å²) in [5.74, 6) is -1.03. The Labute approximate surface area is 242 Å². The predicted molar refractivity (Wildman–Crippen MR) is 143 cm³/mol. The summed E-state index contributed by atoms with van der Waals surface area (Å²) in [6.07, 6.45) is -16.9. The summed E-state index contributed by atoms with van der Waals surface area (Å²) in [7, 11) is 1.34. The van der Waals surface area contributed by atoms with E-state index in [9.17, 15) is 55.9 Å². The van der Waals surface area contributed by atoms with E-state index in [0.29, 0.717) is 0 Å². The Morgan fingerprint density at radius 1 is 0.744 bits per heavy atom. The van der Waals surface area contributed by atoms with Crippen LogP contribution in [0.3, 0.4) is 0 Å². The van der Waals surface area contributed by atoms with Gasteiger partial charge in [-0.3, -0.25) is 4.79 Å². The molecule has 0 aliphatic carbocycles. The van der Waals surface area contributed by atoms with Gasteiger partial charge in [0.2, 0.25) is 0 Å². The second kappa shape index (κ2) is 12.0. The van der Waals surface area contributed by atoms with Crippen LogP contribution in [0.15, 0.2) is 39.5 Å². The Morgan fingerprint density at radius 2 is 1.30 bits per heavy atom.